The van der Waals surface area contributed by atoms with E-state index in [2.05, 4.69) is 35.4 Å². The Bertz CT molecular complexity index is 905. The number of ether oxygens (including phenoxy) is 1. The number of aromatic nitrogens is 5. The van der Waals surface area contributed by atoms with Crippen LogP contribution >= 0.6 is 0 Å². The lowest BCUT2D eigenvalue weighted by Crippen LogP contribution is -2.32. The third kappa shape index (κ3) is 4.71. The summed E-state index contributed by atoms with van der Waals surface area (Å²) in [6.45, 7) is -1.24. The molecule has 0 fully saturated rings. The van der Waals surface area contributed by atoms with Crippen molar-refractivity contribution in [2.45, 2.75) is 19.6 Å². The molecule has 0 bridgehead atoms. The zero-order valence-electron chi connectivity index (χ0n) is 14.1. The van der Waals surface area contributed by atoms with Gasteiger partial charge in [0.15, 0.2) is 5.82 Å². The zero-order valence-corrected chi connectivity index (χ0v) is 14.1. The van der Waals surface area contributed by atoms with Gasteiger partial charge in [-0.25, -0.2) is 19.7 Å². The van der Waals surface area contributed by atoms with E-state index in [4.69, 9.17) is 0 Å². The van der Waals surface area contributed by atoms with E-state index in [0.29, 0.717) is 17.5 Å². The molecule has 0 radical (unpaired) electrons. The van der Waals surface area contributed by atoms with Crippen molar-refractivity contribution in [3.05, 3.63) is 54.9 Å². The fraction of sp³-hybridized carbons (Fsp3) is 0.188. The Morgan fingerprint density at radius 3 is 2.70 bits per heavy atom. The highest BCUT2D eigenvalue weighted by Gasteiger charge is 2.18. The monoisotopic (exact) mass is 375 g/mol. The van der Waals surface area contributed by atoms with Crippen LogP contribution in [0.1, 0.15) is 18.8 Å². The third-order valence-corrected chi connectivity index (χ3v) is 3.37. The molecule has 0 spiro atoms. The molecule has 3 rings (SSSR count). The molecule has 0 saturated heterocycles. The first-order valence-electron chi connectivity index (χ1n) is 7.82. The second kappa shape index (κ2) is 8.17. The van der Waals surface area contributed by atoms with Crippen LogP contribution in [0.3, 0.4) is 0 Å². The van der Waals surface area contributed by atoms with Crippen LogP contribution in [0.2, 0.25) is 0 Å². The van der Waals surface area contributed by atoms with Crippen molar-refractivity contribution in [3.63, 3.8) is 0 Å². The van der Waals surface area contributed by atoms with E-state index in [0.717, 1.165) is 0 Å². The average molecular weight is 375 g/mol. The maximum atomic E-state index is 12.3. The summed E-state index contributed by atoms with van der Waals surface area (Å²) in [4.78, 5) is 24.5. The summed E-state index contributed by atoms with van der Waals surface area (Å²) in [6, 6.07) is 6.26. The molecule has 3 aromatic rings. The molecule has 2 amide bonds. The van der Waals surface area contributed by atoms with E-state index in [1.54, 1.807) is 31.5 Å². The number of halogens is 2. The standard InChI is InChI=1S/C16H15F2N7O2/c1-10(13-21-9-22-25(13)15-19-6-3-7-20-15)23-16(26)24-11-4-2-5-12(8-11)27-14(17)18/h2-10,14H,1H3,(H2,23,24,26). The molecule has 2 heterocycles. The van der Waals surface area contributed by atoms with Crippen LogP contribution in [-0.4, -0.2) is 37.4 Å². The van der Waals surface area contributed by atoms with Gasteiger partial charge < -0.3 is 15.4 Å². The highest BCUT2D eigenvalue weighted by atomic mass is 19.3. The summed E-state index contributed by atoms with van der Waals surface area (Å²) in [5.74, 6) is 0.679. The van der Waals surface area contributed by atoms with Crippen molar-refractivity contribution in [1.29, 1.82) is 0 Å². The Hall–Kier alpha value is -3.63. The van der Waals surface area contributed by atoms with Gasteiger partial charge in [0.1, 0.15) is 12.1 Å². The van der Waals surface area contributed by atoms with E-state index in [9.17, 15) is 13.6 Å². The fourth-order valence-corrected chi connectivity index (χ4v) is 2.28. The quantitative estimate of drug-likeness (QED) is 0.686. The molecular weight excluding hydrogens is 360 g/mol. The molecule has 0 aliphatic rings. The second-order valence-corrected chi connectivity index (χ2v) is 5.31. The third-order valence-electron chi connectivity index (χ3n) is 3.37. The van der Waals surface area contributed by atoms with Gasteiger partial charge in [-0.05, 0) is 25.1 Å². The zero-order chi connectivity index (χ0) is 19.2. The van der Waals surface area contributed by atoms with E-state index in [1.165, 1.54) is 29.2 Å². The molecule has 1 aromatic carbocycles. The lowest BCUT2D eigenvalue weighted by Gasteiger charge is -2.15. The van der Waals surface area contributed by atoms with Crippen molar-refractivity contribution in [2.24, 2.45) is 0 Å². The Morgan fingerprint density at radius 1 is 1.19 bits per heavy atom. The minimum atomic E-state index is -2.94. The van der Waals surface area contributed by atoms with E-state index in [1.807, 2.05) is 0 Å². The molecule has 9 nitrogen and oxygen atoms in total. The number of urea groups is 1. The van der Waals surface area contributed by atoms with Crippen LogP contribution in [0.25, 0.3) is 5.95 Å². The Balaban J connectivity index is 1.66. The van der Waals surface area contributed by atoms with Gasteiger partial charge in [-0.15, -0.1) is 0 Å². The van der Waals surface area contributed by atoms with Gasteiger partial charge in [-0.3, -0.25) is 0 Å². The number of anilines is 1. The summed E-state index contributed by atoms with van der Waals surface area (Å²) < 4.78 is 30.3. The molecule has 0 saturated carbocycles. The van der Waals surface area contributed by atoms with E-state index >= 15 is 0 Å². The van der Waals surface area contributed by atoms with Crippen molar-refractivity contribution in [1.82, 2.24) is 30.0 Å². The first kappa shape index (κ1) is 18.2. The van der Waals surface area contributed by atoms with E-state index in [-0.39, 0.29) is 5.75 Å². The van der Waals surface area contributed by atoms with Crippen LogP contribution < -0.4 is 15.4 Å². The number of alkyl halides is 2. The highest BCUT2D eigenvalue weighted by Crippen LogP contribution is 2.19. The number of carbonyl (C=O) groups is 1. The highest BCUT2D eigenvalue weighted by molar-refractivity contribution is 5.89. The van der Waals surface area contributed by atoms with Crippen molar-refractivity contribution >= 4 is 11.7 Å². The number of nitrogens with one attached hydrogen (secondary N) is 2. The van der Waals surface area contributed by atoms with Crippen molar-refractivity contribution in [3.8, 4) is 11.7 Å². The first-order chi connectivity index (χ1) is 13.0. The number of amides is 2. The number of rotatable bonds is 6. The molecule has 1 atom stereocenters. The van der Waals surface area contributed by atoms with Gasteiger partial charge in [0.25, 0.3) is 5.95 Å². The molecular formula is C16H15F2N7O2. The van der Waals surface area contributed by atoms with Crippen molar-refractivity contribution in [2.75, 3.05) is 5.32 Å². The Morgan fingerprint density at radius 2 is 1.96 bits per heavy atom. The normalized spacial score (nSPS) is 11.9. The van der Waals surface area contributed by atoms with Crippen LogP contribution in [0.4, 0.5) is 19.3 Å². The van der Waals surface area contributed by atoms with Crippen molar-refractivity contribution < 1.29 is 18.3 Å². The minimum absolute atomic E-state index is 0.0585. The molecule has 0 aliphatic heterocycles. The largest absolute Gasteiger partial charge is 0.435 e. The predicted molar refractivity (Wildman–Crippen MR) is 90.6 cm³/mol. The van der Waals surface area contributed by atoms with Crippen LogP contribution in [-0.2, 0) is 0 Å². The molecule has 2 aromatic heterocycles. The fourth-order valence-electron chi connectivity index (χ4n) is 2.28. The first-order valence-corrected chi connectivity index (χ1v) is 7.82. The van der Waals surface area contributed by atoms with Crippen LogP contribution in [0.5, 0.6) is 5.75 Å². The smallest absolute Gasteiger partial charge is 0.387 e. The van der Waals surface area contributed by atoms with Gasteiger partial charge in [0, 0.05) is 24.1 Å². The number of nitrogens with zero attached hydrogens (tertiary/aromatic N) is 5. The molecule has 0 aliphatic carbocycles. The topological polar surface area (TPSA) is 107 Å². The van der Waals surface area contributed by atoms with Gasteiger partial charge in [-0.1, -0.05) is 6.07 Å². The average Bonchev–Trinajstić information content (AvgIpc) is 3.12. The van der Waals surface area contributed by atoms with E-state index < -0.39 is 18.7 Å². The van der Waals surface area contributed by atoms with Crippen LogP contribution in [0, 0.1) is 0 Å². The second-order valence-electron chi connectivity index (χ2n) is 5.31. The molecule has 11 heteroatoms. The summed E-state index contributed by atoms with van der Waals surface area (Å²) in [6.07, 6.45) is 4.45. The Labute approximate surface area is 152 Å². The lowest BCUT2D eigenvalue weighted by atomic mass is 10.3. The Kier molecular flexibility index (Phi) is 5.50. The van der Waals surface area contributed by atoms with Crippen LogP contribution in [0.15, 0.2) is 49.1 Å². The summed E-state index contributed by atoms with van der Waals surface area (Å²) >= 11 is 0. The number of hydrogen-bond donors (Lipinski definition) is 2. The summed E-state index contributed by atoms with van der Waals surface area (Å²) in [5, 5.41) is 9.29. The molecule has 1 unspecified atom stereocenters. The summed E-state index contributed by atoms with van der Waals surface area (Å²) in [5.41, 5.74) is 0.297. The SMILES string of the molecule is CC(NC(=O)Nc1cccc(OC(F)F)c1)c1ncnn1-c1ncccn1. The predicted octanol–water partition coefficient (Wildman–Crippen LogP) is 2.54. The number of benzene rings is 1. The molecule has 2 N–H and O–H groups in total. The lowest BCUT2D eigenvalue weighted by molar-refractivity contribution is -0.0497. The van der Waals surface area contributed by atoms with Gasteiger partial charge in [0.05, 0.1) is 6.04 Å². The molecule has 27 heavy (non-hydrogen) atoms. The maximum Gasteiger partial charge on any atom is 0.387 e. The molecule has 140 valence electrons. The minimum Gasteiger partial charge on any atom is -0.435 e. The van der Waals surface area contributed by atoms with Gasteiger partial charge in [-0.2, -0.15) is 18.6 Å². The number of carbonyl (C=O) groups excluding carboxylic acids is 1. The van der Waals surface area contributed by atoms with Gasteiger partial charge >= 0.3 is 12.6 Å². The number of hydrogen-bond acceptors (Lipinski definition) is 6. The van der Waals surface area contributed by atoms with Gasteiger partial charge in [0.2, 0.25) is 0 Å². The summed E-state index contributed by atoms with van der Waals surface area (Å²) in [7, 11) is 0. The maximum absolute atomic E-state index is 12.3.